The first kappa shape index (κ1) is 12.6. The maximum absolute atomic E-state index is 8.81. The van der Waals surface area contributed by atoms with Crippen molar-refractivity contribution in [2.45, 2.75) is 13.0 Å². The van der Waals surface area contributed by atoms with Crippen molar-refractivity contribution in [2.24, 2.45) is 0 Å². The zero-order chi connectivity index (χ0) is 13.9. The molecule has 0 saturated carbocycles. The molecule has 5 nitrogen and oxygen atoms in total. The molecule has 0 spiro atoms. The van der Waals surface area contributed by atoms with Gasteiger partial charge >= 0.3 is 0 Å². The van der Waals surface area contributed by atoms with Crippen molar-refractivity contribution in [3.63, 3.8) is 0 Å². The van der Waals surface area contributed by atoms with Crippen LogP contribution in [0.3, 0.4) is 0 Å². The molecular weight excluding hydrogens is 274 g/mol. The van der Waals surface area contributed by atoms with E-state index in [2.05, 4.69) is 21.0 Å². The lowest BCUT2D eigenvalue weighted by molar-refractivity contribution is 0.737. The Hall–Kier alpha value is -2.45. The fourth-order valence-corrected chi connectivity index (χ4v) is 2.23. The van der Waals surface area contributed by atoms with E-state index < -0.39 is 0 Å². The summed E-state index contributed by atoms with van der Waals surface area (Å²) in [5.41, 5.74) is 2.33. The molecule has 0 amide bonds. The second-order valence-corrected chi connectivity index (χ2v) is 4.67. The highest BCUT2D eigenvalue weighted by atomic mass is 35.5. The van der Waals surface area contributed by atoms with Crippen LogP contribution in [-0.2, 0) is 6.54 Å². The molecule has 0 N–H and O–H groups in total. The Morgan fingerprint density at radius 2 is 2.25 bits per heavy atom. The van der Waals surface area contributed by atoms with Crippen LogP contribution in [0.2, 0.25) is 5.02 Å². The number of aryl methyl sites for hydroxylation is 1. The number of hydrogen-bond acceptors (Lipinski definition) is 4. The monoisotopic (exact) mass is 283 g/mol. The summed E-state index contributed by atoms with van der Waals surface area (Å²) < 4.78 is 1.92. The molecule has 0 unspecified atom stereocenters. The van der Waals surface area contributed by atoms with Crippen molar-refractivity contribution in [3.05, 3.63) is 41.8 Å². The molecule has 6 heteroatoms. The zero-order valence-electron chi connectivity index (χ0n) is 10.5. The Bertz CT molecular complexity index is 788. The average molecular weight is 284 g/mol. The zero-order valence-corrected chi connectivity index (χ0v) is 11.2. The number of aromatic nitrogens is 4. The van der Waals surface area contributed by atoms with Crippen LogP contribution in [0.15, 0.2) is 36.8 Å². The van der Waals surface area contributed by atoms with E-state index in [9.17, 15) is 0 Å². The number of imidazole rings is 1. The molecule has 0 saturated heterocycles. The van der Waals surface area contributed by atoms with E-state index in [1.807, 2.05) is 16.7 Å². The van der Waals surface area contributed by atoms with Crippen molar-refractivity contribution in [3.8, 4) is 17.5 Å². The minimum absolute atomic E-state index is 0.392. The molecule has 20 heavy (non-hydrogen) atoms. The van der Waals surface area contributed by atoms with Gasteiger partial charge in [0.2, 0.25) is 0 Å². The summed E-state index contributed by atoms with van der Waals surface area (Å²) in [5, 5.41) is 9.35. The van der Waals surface area contributed by atoms with E-state index in [-0.39, 0.29) is 0 Å². The van der Waals surface area contributed by atoms with Crippen molar-refractivity contribution < 1.29 is 0 Å². The Kier molecular flexibility index (Phi) is 3.32. The first-order chi connectivity index (χ1) is 9.79. The van der Waals surface area contributed by atoms with Crippen LogP contribution in [0.4, 0.5) is 0 Å². The molecule has 0 aliphatic carbocycles. The third kappa shape index (κ3) is 2.22. The molecule has 3 rings (SSSR count). The number of rotatable bonds is 3. The van der Waals surface area contributed by atoms with Crippen molar-refractivity contribution in [1.82, 2.24) is 19.5 Å². The SMILES string of the molecule is N#CCCn1c(-c2cccnc2)nc2cc(Cl)cnc21. The molecular formula is C14H10ClN5. The highest BCUT2D eigenvalue weighted by molar-refractivity contribution is 6.31. The summed E-state index contributed by atoms with van der Waals surface area (Å²) in [6, 6.07) is 7.69. The van der Waals surface area contributed by atoms with Gasteiger partial charge < -0.3 is 4.57 Å². The van der Waals surface area contributed by atoms with Gasteiger partial charge in [0, 0.05) is 30.7 Å². The molecule has 3 aromatic heterocycles. The second-order valence-electron chi connectivity index (χ2n) is 4.23. The maximum atomic E-state index is 8.81. The van der Waals surface area contributed by atoms with Gasteiger partial charge in [0.25, 0.3) is 0 Å². The lowest BCUT2D eigenvalue weighted by atomic mass is 10.2. The molecule has 3 heterocycles. The third-order valence-corrected chi connectivity index (χ3v) is 3.13. The second kappa shape index (κ2) is 5.27. The molecule has 0 aliphatic heterocycles. The molecule has 0 bridgehead atoms. The lowest BCUT2D eigenvalue weighted by Crippen LogP contribution is -2.01. The molecule has 0 radical (unpaired) electrons. The van der Waals surface area contributed by atoms with E-state index in [4.69, 9.17) is 16.9 Å². The fraction of sp³-hybridized carbons (Fsp3) is 0.143. The number of halogens is 1. The predicted molar refractivity (Wildman–Crippen MR) is 76.0 cm³/mol. The molecule has 3 aromatic rings. The lowest BCUT2D eigenvalue weighted by Gasteiger charge is -2.05. The standard InChI is InChI=1S/C14H10ClN5/c15-11-7-12-14(18-9-11)20(6-2-4-16)13(19-12)10-3-1-5-17-8-10/h1,3,5,7-9H,2,6H2. The first-order valence-corrected chi connectivity index (χ1v) is 6.46. The largest absolute Gasteiger partial charge is 0.308 e. The van der Waals surface area contributed by atoms with Gasteiger partial charge in [-0.3, -0.25) is 4.98 Å². The van der Waals surface area contributed by atoms with Gasteiger partial charge in [0.05, 0.1) is 17.5 Å². The summed E-state index contributed by atoms with van der Waals surface area (Å²) in [5.74, 6) is 0.748. The Labute approximate surface area is 120 Å². The van der Waals surface area contributed by atoms with Crippen molar-refractivity contribution >= 4 is 22.8 Å². The number of hydrogen-bond donors (Lipinski definition) is 0. The van der Waals surface area contributed by atoms with Crippen LogP contribution in [0.25, 0.3) is 22.6 Å². The molecule has 0 atom stereocenters. The average Bonchev–Trinajstić information content (AvgIpc) is 2.83. The Morgan fingerprint density at radius 1 is 1.35 bits per heavy atom. The quantitative estimate of drug-likeness (QED) is 0.741. The van der Waals surface area contributed by atoms with Crippen LogP contribution in [-0.4, -0.2) is 19.5 Å². The van der Waals surface area contributed by atoms with Gasteiger partial charge in [0.1, 0.15) is 11.3 Å². The van der Waals surface area contributed by atoms with E-state index in [0.717, 1.165) is 17.0 Å². The Morgan fingerprint density at radius 3 is 3.00 bits per heavy atom. The van der Waals surface area contributed by atoms with Crippen LogP contribution >= 0.6 is 11.6 Å². The van der Waals surface area contributed by atoms with E-state index >= 15 is 0 Å². The summed E-state index contributed by atoms with van der Waals surface area (Å²) in [6.07, 6.45) is 5.43. The van der Waals surface area contributed by atoms with E-state index in [0.29, 0.717) is 23.5 Å². The molecule has 0 fully saturated rings. The van der Waals surface area contributed by atoms with Crippen LogP contribution < -0.4 is 0 Å². The smallest absolute Gasteiger partial charge is 0.160 e. The van der Waals surface area contributed by atoms with Gasteiger partial charge in [-0.15, -0.1) is 0 Å². The third-order valence-electron chi connectivity index (χ3n) is 2.92. The number of pyridine rings is 2. The summed E-state index contributed by atoms with van der Waals surface area (Å²) in [6.45, 7) is 0.534. The highest BCUT2D eigenvalue weighted by Gasteiger charge is 2.13. The number of nitrogens with zero attached hydrogens (tertiary/aromatic N) is 5. The molecule has 0 aliphatic rings. The van der Waals surface area contributed by atoms with Crippen molar-refractivity contribution in [2.75, 3.05) is 0 Å². The van der Waals surface area contributed by atoms with Gasteiger partial charge in [-0.05, 0) is 18.2 Å². The number of nitriles is 1. The molecule has 0 aromatic carbocycles. The summed E-state index contributed by atoms with van der Waals surface area (Å²) in [4.78, 5) is 13.0. The summed E-state index contributed by atoms with van der Waals surface area (Å²) in [7, 11) is 0. The van der Waals surface area contributed by atoms with E-state index in [1.54, 1.807) is 24.7 Å². The van der Waals surface area contributed by atoms with Gasteiger partial charge in [0.15, 0.2) is 5.65 Å². The topological polar surface area (TPSA) is 67.4 Å². The van der Waals surface area contributed by atoms with Gasteiger partial charge in [-0.25, -0.2) is 9.97 Å². The highest BCUT2D eigenvalue weighted by Crippen LogP contribution is 2.24. The van der Waals surface area contributed by atoms with Crippen LogP contribution in [0.1, 0.15) is 6.42 Å². The van der Waals surface area contributed by atoms with Gasteiger partial charge in [-0.2, -0.15) is 5.26 Å². The summed E-state index contributed by atoms with van der Waals surface area (Å²) >= 11 is 5.95. The van der Waals surface area contributed by atoms with Crippen molar-refractivity contribution in [1.29, 1.82) is 5.26 Å². The maximum Gasteiger partial charge on any atom is 0.160 e. The number of fused-ring (bicyclic) bond motifs is 1. The minimum Gasteiger partial charge on any atom is -0.308 e. The first-order valence-electron chi connectivity index (χ1n) is 6.09. The Balaban J connectivity index is 2.22. The minimum atomic E-state index is 0.392. The van der Waals surface area contributed by atoms with Crippen LogP contribution in [0, 0.1) is 11.3 Å². The van der Waals surface area contributed by atoms with E-state index in [1.165, 1.54) is 0 Å². The predicted octanol–water partition coefficient (Wildman–Crippen LogP) is 3.06. The fourth-order valence-electron chi connectivity index (χ4n) is 2.08. The normalized spacial score (nSPS) is 10.6. The molecule has 98 valence electrons. The van der Waals surface area contributed by atoms with Gasteiger partial charge in [-0.1, -0.05) is 11.6 Å². The van der Waals surface area contributed by atoms with Crippen LogP contribution in [0.5, 0.6) is 0 Å².